The quantitative estimate of drug-likeness (QED) is 0.479. The minimum absolute atomic E-state index is 0.0703. The molecule has 0 radical (unpaired) electrons. The van der Waals surface area contributed by atoms with Gasteiger partial charge in [0, 0.05) is 37.3 Å². The zero-order valence-corrected chi connectivity index (χ0v) is 18.8. The number of ether oxygens (including phenoxy) is 1. The highest BCUT2D eigenvalue weighted by Gasteiger charge is 2.22. The Kier molecular flexibility index (Phi) is 5.97. The number of carbonyl (C=O) groups is 2. The average molecular weight is 456 g/mol. The number of hydrogen-bond acceptors (Lipinski definition) is 4. The van der Waals surface area contributed by atoms with Gasteiger partial charge in [-0.3, -0.25) is 14.7 Å². The Morgan fingerprint density at radius 1 is 1.06 bits per heavy atom. The summed E-state index contributed by atoms with van der Waals surface area (Å²) in [5.41, 5.74) is 4.19. The van der Waals surface area contributed by atoms with Gasteiger partial charge in [0.25, 0.3) is 11.8 Å². The summed E-state index contributed by atoms with van der Waals surface area (Å²) in [4.78, 5) is 32.5. The van der Waals surface area contributed by atoms with E-state index in [1.807, 2.05) is 42.5 Å². The summed E-state index contributed by atoms with van der Waals surface area (Å²) in [5, 5.41) is 8.44. The number of benzene rings is 2. The SMILES string of the molecule is CN(C(=O)c1ccc[nH]1)c1cc(C(=O)N2CCOCC2)ccc1/C=C/c1n[nH]c2ccccc12. The van der Waals surface area contributed by atoms with Crippen LogP contribution in [0.3, 0.4) is 0 Å². The lowest BCUT2D eigenvalue weighted by Gasteiger charge is -2.27. The number of para-hydroxylation sites is 1. The Labute approximate surface area is 196 Å². The zero-order valence-electron chi connectivity index (χ0n) is 18.8. The molecule has 2 N–H and O–H groups in total. The summed E-state index contributed by atoms with van der Waals surface area (Å²) in [6.07, 6.45) is 5.54. The summed E-state index contributed by atoms with van der Waals surface area (Å²) in [7, 11) is 1.71. The molecule has 0 atom stereocenters. The number of nitrogens with one attached hydrogen (secondary N) is 2. The minimum Gasteiger partial charge on any atom is -0.378 e. The van der Waals surface area contributed by atoms with Gasteiger partial charge in [-0.05, 0) is 42.0 Å². The number of amides is 2. The smallest absolute Gasteiger partial charge is 0.274 e. The van der Waals surface area contributed by atoms with E-state index in [-0.39, 0.29) is 11.8 Å². The normalized spacial score (nSPS) is 14.1. The summed E-state index contributed by atoms with van der Waals surface area (Å²) in [5.74, 6) is -0.264. The molecule has 0 saturated carbocycles. The van der Waals surface area contributed by atoms with Crippen molar-refractivity contribution in [3.05, 3.63) is 83.3 Å². The molecule has 0 unspecified atom stereocenters. The van der Waals surface area contributed by atoms with Gasteiger partial charge in [0.1, 0.15) is 5.69 Å². The molecule has 8 nitrogen and oxygen atoms in total. The van der Waals surface area contributed by atoms with Gasteiger partial charge >= 0.3 is 0 Å². The van der Waals surface area contributed by atoms with Crippen molar-refractivity contribution in [1.82, 2.24) is 20.1 Å². The first-order chi connectivity index (χ1) is 16.6. The molecule has 1 fully saturated rings. The predicted octanol–water partition coefficient (Wildman–Crippen LogP) is 3.81. The molecule has 8 heteroatoms. The van der Waals surface area contributed by atoms with Crippen LogP contribution in [0, 0.1) is 0 Å². The third-order valence-corrected chi connectivity index (χ3v) is 5.99. The second-order valence-electron chi connectivity index (χ2n) is 8.11. The lowest BCUT2D eigenvalue weighted by molar-refractivity contribution is 0.0303. The van der Waals surface area contributed by atoms with Crippen LogP contribution in [-0.4, -0.2) is 65.2 Å². The van der Waals surface area contributed by atoms with E-state index in [1.165, 1.54) is 0 Å². The summed E-state index contributed by atoms with van der Waals surface area (Å²) in [6.45, 7) is 2.17. The van der Waals surface area contributed by atoms with E-state index in [1.54, 1.807) is 47.3 Å². The number of hydrogen-bond donors (Lipinski definition) is 2. The van der Waals surface area contributed by atoms with Gasteiger partial charge < -0.3 is 19.5 Å². The van der Waals surface area contributed by atoms with Crippen molar-refractivity contribution >= 4 is 40.6 Å². The summed E-state index contributed by atoms with van der Waals surface area (Å²) < 4.78 is 5.37. The molecule has 0 bridgehead atoms. The van der Waals surface area contributed by atoms with E-state index in [9.17, 15) is 9.59 Å². The largest absolute Gasteiger partial charge is 0.378 e. The molecule has 2 aromatic heterocycles. The number of nitrogens with zero attached hydrogens (tertiary/aromatic N) is 3. The van der Waals surface area contributed by atoms with E-state index in [4.69, 9.17) is 4.74 Å². The summed E-state index contributed by atoms with van der Waals surface area (Å²) >= 11 is 0. The third-order valence-electron chi connectivity index (χ3n) is 5.99. The number of anilines is 1. The van der Waals surface area contributed by atoms with Crippen molar-refractivity contribution in [2.75, 3.05) is 38.3 Å². The molecule has 2 amide bonds. The van der Waals surface area contributed by atoms with Crippen molar-refractivity contribution < 1.29 is 14.3 Å². The Hall–Kier alpha value is -4.17. The molecule has 5 rings (SSSR count). The van der Waals surface area contributed by atoms with Gasteiger partial charge in [-0.2, -0.15) is 5.10 Å². The number of aromatic nitrogens is 3. The van der Waals surface area contributed by atoms with Crippen LogP contribution in [0.25, 0.3) is 23.1 Å². The standard InChI is InChI=1S/C26H25N5O3/c1-30(26(33)23-7-4-12-27-23)24-17-19(25(32)31-13-15-34-16-14-31)9-8-18(24)10-11-22-20-5-2-3-6-21(20)28-29-22/h2-12,17,27H,13-16H2,1H3,(H,28,29)/b11-10+. The second kappa shape index (κ2) is 9.36. The molecule has 1 saturated heterocycles. The highest BCUT2D eigenvalue weighted by molar-refractivity contribution is 6.07. The van der Waals surface area contributed by atoms with E-state index in [0.717, 1.165) is 22.2 Å². The van der Waals surface area contributed by atoms with Gasteiger partial charge in [-0.15, -0.1) is 0 Å². The van der Waals surface area contributed by atoms with Gasteiger partial charge in [0.15, 0.2) is 0 Å². The van der Waals surface area contributed by atoms with Crippen molar-refractivity contribution in [3.63, 3.8) is 0 Å². The van der Waals surface area contributed by atoms with Crippen molar-refractivity contribution in [3.8, 4) is 0 Å². The number of aromatic amines is 2. The van der Waals surface area contributed by atoms with Crippen LogP contribution in [0.4, 0.5) is 5.69 Å². The molecule has 1 aliphatic heterocycles. The fourth-order valence-corrected chi connectivity index (χ4v) is 4.09. The maximum Gasteiger partial charge on any atom is 0.274 e. The van der Waals surface area contributed by atoms with Crippen molar-refractivity contribution in [1.29, 1.82) is 0 Å². The molecule has 3 heterocycles. The lowest BCUT2D eigenvalue weighted by Crippen LogP contribution is -2.40. The van der Waals surface area contributed by atoms with Gasteiger partial charge in [0.2, 0.25) is 0 Å². The zero-order chi connectivity index (χ0) is 23.5. The van der Waals surface area contributed by atoms with E-state index >= 15 is 0 Å². The highest BCUT2D eigenvalue weighted by atomic mass is 16.5. The fourth-order valence-electron chi connectivity index (χ4n) is 4.09. The Balaban J connectivity index is 1.51. The van der Waals surface area contributed by atoms with Crippen LogP contribution in [0.1, 0.15) is 32.1 Å². The maximum atomic E-state index is 13.1. The van der Waals surface area contributed by atoms with E-state index in [0.29, 0.717) is 43.2 Å². The van der Waals surface area contributed by atoms with Crippen LogP contribution < -0.4 is 4.90 Å². The minimum atomic E-state index is -0.194. The van der Waals surface area contributed by atoms with Crippen LogP contribution in [0.5, 0.6) is 0 Å². The molecule has 34 heavy (non-hydrogen) atoms. The van der Waals surface area contributed by atoms with Gasteiger partial charge in [0.05, 0.1) is 30.1 Å². The number of fused-ring (bicyclic) bond motifs is 1. The van der Waals surface area contributed by atoms with Crippen LogP contribution in [0.15, 0.2) is 60.8 Å². The molecule has 1 aliphatic rings. The van der Waals surface area contributed by atoms with Crippen molar-refractivity contribution in [2.24, 2.45) is 0 Å². The Morgan fingerprint density at radius 2 is 1.88 bits per heavy atom. The monoisotopic (exact) mass is 455 g/mol. The average Bonchev–Trinajstić information content (AvgIpc) is 3.57. The molecule has 0 aliphatic carbocycles. The lowest BCUT2D eigenvalue weighted by atomic mass is 10.0. The van der Waals surface area contributed by atoms with Gasteiger partial charge in [-0.1, -0.05) is 30.3 Å². The first-order valence-corrected chi connectivity index (χ1v) is 11.2. The number of carbonyl (C=O) groups excluding carboxylic acids is 2. The molecule has 0 spiro atoms. The first kappa shape index (κ1) is 21.7. The topological polar surface area (TPSA) is 94.3 Å². The van der Waals surface area contributed by atoms with Crippen LogP contribution in [-0.2, 0) is 4.74 Å². The summed E-state index contributed by atoms with van der Waals surface area (Å²) in [6, 6.07) is 16.9. The Bertz CT molecular complexity index is 1350. The van der Waals surface area contributed by atoms with E-state index in [2.05, 4.69) is 15.2 Å². The molecular weight excluding hydrogens is 430 g/mol. The predicted molar refractivity (Wildman–Crippen MR) is 132 cm³/mol. The van der Waals surface area contributed by atoms with Crippen molar-refractivity contribution in [2.45, 2.75) is 0 Å². The van der Waals surface area contributed by atoms with Crippen LogP contribution in [0.2, 0.25) is 0 Å². The Morgan fingerprint density at radius 3 is 2.68 bits per heavy atom. The molecule has 4 aromatic rings. The number of H-pyrrole nitrogens is 2. The van der Waals surface area contributed by atoms with Crippen LogP contribution >= 0.6 is 0 Å². The molecule has 172 valence electrons. The fraction of sp³-hybridized carbons (Fsp3) is 0.192. The van der Waals surface area contributed by atoms with E-state index < -0.39 is 0 Å². The maximum absolute atomic E-state index is 13.1. The molecule has 2 aromatic carbocycles. The highest BCUT2D eigenvalue weighted by Crippen LogP contribution is 2.27. The number of morpholine rings is 1. The third kappa shape index (κ3) is 4.23. The molecular formula is C26H25N5O3. The van der Waals surface area contributed by atoms with Gasteiger partial charge in [-0.25, -0.2) is 0 Å². The first-order valence-electron chi connectivity index (χ1n) is 11.2. The number of rotatable bonds is 5. The second-order valence-corrected chi connectivity index (χ2v) is 8.11.